The predicted molar refractivity (Wildman–Crippen MR) is 41.8 cm³/mol. The molecule has 3 N–H and O–H groups in total. The number of nitrogens with zero attached hydrogens (tertiary/aromatic N) is 1. The summed E-state index contributed by atoms with van der Waals surface area (Å²) < 4.78 is 5.08. The summed E-state index contributed by atoms with van der Waals surface area (Å²) in [6.45, 7) is 2.26. The van der Waals surface area contributed by atoms with Crippen molar-refractivity contribution in [2.24, 2.45) is 5.90 Å². The van der Waals surface area contributed by atoms with Gasteiger partial charge in [0.25, 0.3) is 5.91 Å². The molecule has 0 aromatic carbocycles. The van der Waals surface area contributed by atoms with Crippen LogP contribution < -0.4 is 11.5 Å². The minimum Gasteiger partial charge on any atom is -0.378 e. The van der Waals surface area contributed by atoms with E-state index < -0.39 is 0 Å². The molecule has 1 fully saturated rings. The van der Waals surface area contributed by atoms with Gasteiger partial charge in [-0.2, -0.15) is 10.8 Å². The molecule has 7 nitrogen and oxygen atoms in total. The van der Waals surface area contributed by atoms with Crippen LogP contribution in [0.5, 0.6) is 0 Å². The largest absolute Gasteiger partial charge is 0.378 e. The summed E-state index contributed by atoms with van der Waals surface area (Å²) in [6, 6.07) is 0. The van der Waals surface area contributed by atoms with Gasteiger partial charge in [0.15, 0.2) is 0 Å². The zero-order valence-electron chi connectivity index (χ0n) is 7.19. The van der Waals surface area contributed by atoms with Crippen molar-refractivity contribution in [3.05, 3.63) is 0 Å². The van der Waals surface area contributed by atoms with Gasteiger partial charge in [-0.1, -0.05) is 5.64 Å². The Morgan fingerprint density at radius 3 is 2.85 bits per heavy atom. The first kappa shape index (κ1) is 10.4. The normalized spacial score (nSPS) is 17.5. The number of rotatable bonds is 4. The Balaban J connectivity index is 2.13. The van der Waals surface area contributed by atoms with E-state index in [-0.39, 0.29) is 12.5 Å². The van der Waals surface area contributed by atoms with Gasteiger partial charge in [-0.05, 0) is 0 Å². The van der Waals surface area contributed by atoms with Gasteiger partial charge in [0.2, 0.25) is 0 Å². The standard InChI is InChI=1S/C6H13N3O4/c7-13-8-12-5-6(10)9-1-3-11-4-2-9/h8H,1-5,7H2. The van der Waals surface area contributed by atoms with E-state index in [1.807, 2.05) is 5.64 Å². The Bertz CT molecular complexity index is 160. The number of morpholine rings is 1. The highest BCUT2D eigenvalue weighted by atomic mass is 17.0. The third-order valence-electron chi connectivity index (χ3n) is 1.67. The van der Waals surface area contributed by atoms with Crippen molar-refractivity contribution in [2.45, 2.75) is 0 Å². The molecule has 0 atom stereocenters. The van der Waals surface area contributed by atoms with Gasteiger partial charge >= 0.3 is 0 Å². The number of nitrogens with two attached hydrogens (primary N) is 1. The third kappa shape index (κ3) is 3.66. The zero-order chi connectivity index (χ0) is 9.52. The molecule has 1 aliphatic heterocycles. The van der Waals surface area contributed by atoms with E-state index in [0.717, 1.165) is 0 Å². The van der Waals surface area contributed by atoms with Crippen molar-refractivity contribution in [3.63, 3.8) is 0 Å². The predicted octanol–water partition coefficient (Wildman–Crippen LogP) is -1.83. The molecule has 7 heteroatoms. The molecule has 0 aromatic heterocycles. The van der Waals surface area contributed by atoms with E-state index in [2.05, 4.69) is 15.7 Å². The Morgan fingerprint density at radius 1 is 1.54 bits per heavy atom. The number of carbonyl (C=O) groups is 1. The molecule has 0 bridgehead atoms. The molecule has 1 amide bonds. The molecular weight excluding hydrogens is 178 g/mol. The van der Waals surface area contributed by atoms with Crippen LogP contribution >= 0.6 is 0 Å². The quantitative estimate of drug-likeness (QED) is 0.401. The van der Waals surface area contributed by atoms with Crippen molar-refractivity contribution >= 4 is 5.91 Å². The lowest BCUT2D eigenvalue weighted by molar-refractivity contribution is -0.184. The third-order valence-corrected chi connectivity index (χ3v) is 1.67. The molecule has 0 aliphatic carbocycles. The van der Waals surface area contributed by atoms with Crippen LogP contribution in [0.4, 0.5) is 0 Å². The fourth-order valence-corrected chi connectivity index (χ4v) is 1.03. The Hall–Kier alpha value is -0.730. The highest BCUT2D eigenvalue weighted by Gasteiger charge is 2.16. The molecule has 1 heterocycles. The van der Waals surface area contributed by atoms with Crippen LogP contribution in [0.2, 0.25) is 0 Å². The summed E-state index contributed by atoms with van der Waals surface area (Å²) in [6.07, 6.45) is 0. The molecule has 1 aliphatic rings. The van der Waals surface area contributed by atoms with Gasteiger partial charge < -0.3 is 9.64 Å². The smallest absolute Gasteiger partial charge is 0.250 e. The van der Waals surface area contributed by atoms with E-state index in [4.69, 9.17) is 4.74 Å². The monoisotopic (exact) mass is 191 g/mol. The molecule has 1 rings (SSSR count). The van der Waals surface area contributed by atoms with E-state index in [1.165, 1.54) is 0 Å². The number of amides is 1. The van der Waals surface area contributed by atoms with Crippen molar-refractivity contribution in [1.82, 2.24) is 10.5 Å². The molecule has 0 unspecified atom stereocenters. The van der Waals surface area contributed by atoms with Crippen LogP contribution in [-0.2, 0) is 19.3 Å². The van der Waals surface area contributed by atoms with Crippen LogP contribution in [0.25, 0.3) is 0 Å². The second-order valence-corrected chi connectivity index (χ2v) is 2.48. The van der Waals surface area contributed by atoms with Gasteiger partial charge in [0.1, 0.15) is 6.61 Å². The Labute approximate surface area is 75.6 Å². The van der Waals surface area contributed by atoms with Gasteiger partial charge in [-0.25, -0.2) is 0 Å². The Kier molecular flexibility index (Phi) is 4.65. The molecule has 0 radical (unpaired) electrons. The average molecular weight is 191 g/mol. The van der Waals surface area contributed by atoms with Crippen LogP contribution in [0.3, 0.4) is 0 Å². The summed E-state index contributed by atoms with van der Waals surface area (Å²) in [7, 11) is 0. The molecule has 0 aromatic rings. The SMILES string of the molecule is NONOCC(=O)N1CCOCC1. The van der Waals surface area contributed by atoms with Crippen molar-refractivity contribution in [3.8, 4) is 0 Å². The van der Waals surface area contributed by atoms with Crippen molar-refractivity contribution in [1.29, 1.82) is 0 Å². The number of hydrogen-bond acceptors (Lipinski definition) is 6. The first-order valence-corrected chi connectivity index (χ1v) is 3.92. The Morgan fingerprint density at radius 2 is 2.23 bits per heavy atom. The minimum atomic E-state index is -0.118. The minimum absolute atomic E-state index is 0.100. The topological polar surface area (TPSA) is 86.1 Å². The second kappa shape index (κ2) is 5.84. The van der Waals surface area contributed by atoms with E-state index >= 15 is 0 Å². The van der Waals surface area contributed by atoms with Gasteiger partial charge in [0.05, 0.1) is 13.2 Å². The van der Waals surface area contributed by atoms with Crippen LogP contribution in [0.15, 0.2) is 0 Å². The van der Waals surface area contributed by atoms with Gasteiger partial charge in [-0.15, -0.1) is 0 Å². The number of ether oxygens (including phenoxy) is 1. The van der Waals surface area contributed by atoms with E-state index in [0.29, 0.717) is 26.3 Å². The summed E-state index contributed by atoms with van der Waals surface area (Å²) >= 11 is 0. The lowest BCUT2D eigenvalue weighted by Gasteiger charge is -2.26. The van der Waals surface area contributed by atoms with Crippen molar-refractivity contribution < 1.29 is 19.3 Å². The first-order valence-electron chi connectivity index (χ1n) is 3.92. The number of hydrogen-bond donors (Lipinski definition) is 2. The maximum absolute atomic E-state index is 11.3. The second-order valence-electron chi connectivity index (χ2n) is 2.48. The molecule has 0 spiro atoms. The van der Waals surface area contributed by atoms with Crippen LogP contribution in [0.1, 0.15) is 0 Å². The van der Waals surface area contributed by atoms with E-state index in [9.17, 15) is 4.79 Å². The molecule has 0 saturated carbocycles. The first-order chi connectivity index (χ1) is 6.34. The molecular formula is C6H13N3O4. The molecule has 76 valence electrons. The zero-order valence-corrected chi connectivity index (χ0v) is 7.19. The van der Waals surface area contributed by atoms with Crippen LogP contribution in [-0.4, -0.2) is 43.7 Å². The molecule has 13 heavy (non-hydrogen) atoms. The highest BCUT2D eigenvalue weighted by molar-refractivity contribution is 5.77. The molecule has 1 saturated heterocycles. The highest BCUT2D eigenvalue weighted by Crippen LogP contribution is 1.96. The average Bonchev–Trinajstić information content (AvgIpc) is 2.19. The van der Waals surface area contributed by atoms with Crippen molar-refractivity contribution in [2.75, 3.05) is 32.9 Å². The summed E-state index contributed by atoms with van der Waals surface area (Å²) in [5, 5.41) is 0. The fraction of sp³-hybridized carbons (Fsp3) is 0.833. The fourth-order valence-electron chi connectivity index (χ4n) is 1.03. The van der Waals surface area contributed by atoms with E-state index in [1.54, 1.807) is 4.90 Å². The lowest BCUT2D eigenvalue weighted by atomic mass is 10.4. The summed E-state index contributed by atoms with van der Waals surface area (Å²) in [4.78, 5) is 21.4. The summed E-state index contributed by atoms with van der Waals surface area (Å²) in [5.74, 6) is 4.49. The van der Waals surface area contributed by atoms with Crippen LogP contribution in [0, 0.1) is 0 Å². The number of nitrogens with one attached hydrogen (secondary N) is 1. The van der Waals surface area contributed by atoms with Gasteiger partial charge in [0, 0.05) is 13.1 Å². The lowest BCUT2D eigenvalue weighted by Crippen LogP contribution is -2.43. The maximum atomic E-state index is 11.3. The summed E-state index contributed by atoms with van der Waals surface area (Å²) in [5.41, 5.74) is 1.92. The van der Waals surface area contributed by atoms with Gasteiger partial charge in [-0.3, -0.25) is 9.63 Å². The maximum Gasteiger partial charge on any atom is 0.250 e. The number of carbonyl (C=O) groups excluding carboxylic acids is 1.